The van der Waals surface area contributed by atoms with E-state index in [2.05, 4.69) is 5.32 Å². The van der Waals surface area contributed by atoms with Crippen molar-refractivity contribution in [1.29, 1.82) is 5.26 Å². The fourth-order valence-corrected chi connectivity index (χ4v) is 2.18. The standard InChI is InChI=1S/C17H17FN2O/c1-21-12-16-5-3-2-4-15(16)11-20-10-14-6-13(9-19)7-17(18)8-14/h2-8,20H,10-12H2,1H3. The van der Waals surface area contributed by atoms with E-state index in [1.807, 2.05) is 30.3 Å². The second kappa shape index (κ2) is 7.53. The number of benzene rings is 2. The van der Waals surface area contributed by atoms with Crippen molar-refractivity contribution in [3.05, 3.63) is 70.5 Å². The fraction of sp³-hybridized carbons (Fsp3) is 0.235. The molecule has 0 saturated carbocycles. The normalized spacial score (nSPS) is 10.3. The van der Waals surface area contributed by atoms with Gasteiger partial charge in [-0.1, -0.05) is 24.3 Å². The largest absolute Gasteiger partial charge is 0.380 e. The van der Waals surface area contributed by atoms with Gasteiger partial charge < -0.3 is 10.1 Å². The first-order valence-electron chi connectivity index (χ1n) is 6.69. The van der Waals surface area contributed by atoms with Crippen molar-refractivity contribution in [3.63, 3.8) is 0 Å². The zero-order valence-electron chi connectivity index (χ0n) is 11.9. The van der Waals surface area contributed by atoms with Crippen LogP contribution in [0.2, 0.25) is 0 Å². The lowest BCUT2D eigenvalue weighted by Gasteiger charge is -2.10. The first-order chi connectivity index (χ1) is 10.2. The Labute approximate surface area is 124 Å². The van der Waals surface area contributed by atoms with Gasteiger partial charge in [-0.05, 0) is 34.9 Å². The minimum Gasteiger partial charge on any atom is -0.380 e. The average molecular weight is 284 g/mol. The molecule has 2 aromatic carbocycles. The number of ether oxygens (including phenoxy) is 1. The number of methoxy groups -OCH3 is 1. The summed E-state index contributed by atoms with van der Waals surface area (Å²) in [6.07, 6.45) is 0. The number of hydrogen-bond donors (Lipinski definition) is 1. The maximum atomic E-state index is 13.3. The molecule has 4 heteroatoms. The number of nitrogens with zero attached hydrogens (tertiary/aromatic N) is 1. The second-order valence-electron chi connectivity index (χ2n) is 4.77. The van der Waals surface area contributed by atoms with Gasteiger partial charge in [0.15, 0.2) is 0 Å². The first kappa shape index (κ1) is 15.2. The van der Waals surface area contributed by atoms with E-state index in [9.17, 15) is 4.39 Å². The van der Waals surface area contributed by atoms with Crippen LogP contribution in [0.1, 0.15) is 22.3 Å². The van der Waals surface area contributed by atoms with E-state index in [1.54, 1.807) is 13.2 Å². The summed E-state index contributed by atoms with van der Waals surface area (Å²) >= 11 is 0. The summed E-state index contributed by atoms with van der Waals surface area (Å²) in [4.78, 5) is 0. The van der Waals surface area contributed by atoms with Gasteiger partial charge in [-0.3, -0.25) is 0 Å². The number of nitrogens with one attached hydrogen (secondary N) is 1. The predicted molar refractivity (Wildman–Crippen MR) is 78.8 cm³/mol. The monoisotopic (exact) mass is 284 g/mol. The van der Waals surface area contributed by atoms with E-state index in [4.69, 9.17) is 10.00 Å². The molecular weight excluding hydrogens is 267 g/mol. The van der Waals surface area contributed by atoms with E-state index in [0.29, 0.717) is 25.3 Å². The van der Waals surface area contributed by atoms with Crippen molar-refractivity contribution in [2.24, 2.45) is 0 Å². The third kappa shape index (κ3) is 4.38. The van der Waals surface area contributed by atoms with Gasteiger partial charge in [0.1, 0.15) is 5.82 Å². The van der Waals surface area contributed by atoms with Gasteiger partial charge in [0, 0.05) is 20.2 Å². The van der Waals surface area contributed by atoms with Crippen LogP contribution < -0.4 is 5.32 Å². The summed E-state index contributed by atoms with van der Waals surface area (Å²) in [5.74, 6) is -0.384. The molecule has 0 heterocycles. The zero-order valence-corrected chi connectivity index (χ0v) is 11.9. The van der Waals surface area contributed by atoms with Crippen molar-refractivity contribution in [3.8, 4) is 6.07 Å². The molecule has 0 aliphatic heterocycles. The van der Waals surface area contributed by atoms with Crippen molar-refractivity contribution in [2.75, 3.05) is 7.11 Å². The summed E-state index contributed by atoms with van der Waals surface area (Å²) < 4.78 is 18.5. The number of hydrogen-bond acceptors (Lipinski definition) is 3. The molecule has 0 aromatic heterocycles. The molecule has 0 fully saturated rings. The number of halogens is 1. The Morgan fingerprint density at radius 2 is 1.90 bits per heavy atom. The van der Waals surface area contributed by atoms with Gasteiger partial charge in [-0.25, -0.2) is 4.39 Å². The third-order valence-electron chi connectivity index (χ3n) is 3.15. The topological polar surface area (TPSA) is 45.0 Å². The lowest BCUT2D eigenvalue weighted by atomic mass is 10.1. The Hall–Kier alpha value is -2.22. The maximum absolute atomic E-state index is 13.3. The van der Waals surface area contributed by atoms with Crippen LogP contribution in [0.15, 0.2) is 42.5 Å². The maximum Gasteiger partial charge on any atom is 0.124 e. The van der Waals surface area contributed by atoms with Gasteiger partial charge in [0.25, 0.3) is 0 Å². The van der Waals surface area contributed by atoms with Crippen molar-refractivity contribution < 1.29 is 9.13 Å². The second-order valence-corrected chi connectivity index (χ2v) is 4.77. The minimum atomic E-state index is -0.384. The average Bonchev–Trinajstić information content (AvgIpc) is 2.48. The molecular formula is C17H17FN2O. The van der Waals surface area contributed by atoms with Gasteiger partial charge in [0.2, 0.25) is 0 Å². The Morgan fingerprint density at radius 1 is 1.14 bits per heavy atom. The van der Waals surface area contributed by atoms with Gasteiger partial charge in [-0.15, -0.1) is 0 Å². The summed E-state index contributed by atoms with van der Waals surface area (Å²) in [7, 11) is 1.67. The van der Waals surface area contributed by atoms with E-state index in [0.717, 1.165) is 16.7 Å². The van der Waals surface area contributed by atoms with Gasteiger partial charge >= 0.3 is 0 Å². The van der Waals surface area contributed by atoms with Crippen molar-refractivity contribution >= 4 is 0 Å². The molecule has 108 valence electrons. The molecule has 0 radical (unpaired) electrons. The molecule has 3 nitrogen and oxygen atoms in total. The molecule has 0 unspecified atom stereocenters. The number of rotatable bonds is 6. The summed E-state index contributed by atoms with van der Waals surface area (Å²) in [5.41, 5.74) is 3.38. The Morgan fingerprint density at radius 3 is 2.62 bits per heavy atom. The molecule has 21 heavy (non-hydrogen) atoms. The SMILES string of the molecule is COCc1ccccc1CNCc1cc(F)cc(C#N)c1. The Balaban J connectivity index is 1.99. The Bertz CT molecular complexity index is 649. The van der Waals surface area contributed by atoms with Crippen LogP contribution in [0.25, 0.3) is 0 Å². The Kier molecular flexibility index (Phi) is 5.44. The molecule has 0 aliphatic carbocycles. The van der Waals surface area contributed by atoms with Crippen LogP contribution in [0.4, 0.5) is 4.39 Å². The molecule has 1 N–H and O–H groups in total. The number of nitriles is 1. The first-order valence-corrected chi connectivity index (χ1v) is 6.69. The van der Waals surface area contributed by atoms with Gasteiger partial charge in [0.05, 0.1) is 18.2 Å². The molecule has 0 atom stereocenters. The molecule has 0 amide bonds. The molecule has 0 saturated heterocycles. The zero-order chi connectivity index (χ0) is 15.1. The molecule has 0 spiro atoms. The van der Waals surface area contributed by atoms with Crippen LogP contribution in [-0.2, 0) is 24.4 Å². The third-order valence-corrected chi connectivity index (χ3v) is 3.15. The summed E-state index contributed by atoms with van der Waals surface area (Å²) in [5, 5.41) is 12.1. The smallest absolute Gasteiger partial charge is 0.124 e. The van der Waals surface area contributed by atoms with Crippen LogP contribution >= 0.6 is 0 Å². The summed E-state index contributed by atoms with van der Waals surface area (Å²) in [6.45, 7) is 1.74. The minimum absolute atomic E-state index is 0.339. The lowest BCUT2D eigenvalue weighted by molar-refractivity contribution is 0.184. The van der Waals surface area contributed by atoms with E-state index in [1.165, 1.54) is 12.1 Å². The summed E-state index contributed by atoms with van der Waals surface area (Å²) in [6, 6.07) is 14.3. The van der Waals surface area contributed by atoms with Crippen LogP contribution in [-0.4, -0.2) is 7.11 Å². The van der Waals surface area contributed by atoms with Crippen LogP contribution in [0, 0.1) is 17.1 Å². The van der Waals surface area contributed by atoms with Crippen LogP contribution in [0.3, 0.4) is 0 Å². The molecule has 0 bridgehead atoms. The predicted octanol–water partition coefficient (Wildman–Crippen LogP) is 3.13. The molecule has 2 rings (SSSR count). The fourth-order valence-electron chi connectivity index (χ4n) is 2.18. The van der Waals surface area contributed by atoms with E-state index >= 15 is 0 Å². The van der Waals surface area contributed by atoms with E-state index in [-0.39, 0.29) is 5.82 Å². The quantitative estimate of drug-likeness (QED) is 0.886. The van der Waals surface area contributed by atoms with E-state index < -0.39 is 0 Å². The van der Waals surface area contributed by atoms with Crippen molar-refractivity contribution in [1.82, 2.24) is 5.32 Å². The molecule has 2 aromatic rings. The highest BCUT2D eigenvalue weighted by atomic mass is 19.1. The highest BCUT2D eigenvalue weighted by Crippen LogP contribution is 2.11. The highest BCUT2D eigenvalue weighted by Gasteiger charge is 2.03. The van der Waals surface area contributed by atoms with Crippen molar-refractivity contribution in [2.45, 2.75) is 19.7 Å². The highest BCUT2D eigenvalue weighted by molar-refractivity contribution is 5.33. The van der Waals surface area contributed by atoms with Gasteiger partial charge in [-0.2, -0.15) is 5.26 Å². The molecule has 0 aliphatic rings. The lowest BCUT2D eigenvalue weighted by Crippen LogP contribution is -2.14. The van der Waals surface area contributed by atoms with Crippen LogP contribution in [0.5, 0.6) is 0 Å².